The van der Waals surface area contributed by atoms with Crippen molar-refractivity contribution in [2.45, 2.75) is 6.92 Å². The van der Waals surface area contributed by atoms with Crippen molar-refractivity contribution < 1.29 is 19.1 Å². The molecule has 0 fully saturated rings. The van der Waals surface area contributed by atoms with Gasteiger partial charge in [-0.15, -0.1) is 0 Å². The smallest absolute Gasteiger partial charge is 0.336 e. The molecule has 21 heavy (non-hydrogen) atoms. The largest absolute Gasteiger partial charge is 0.478 e. The summed E-state index contributed by atoms with van der Waals surface area (Å²) in [4.78, 5) is 23.0. The molecule has 0 atom stereocenters. The standard InChI is InChI=1S/C15H11ClFNO3/c1-8-5-6-9(7-11(8)15(20)21)18-14(19)10-3-2-4-12(16)13(10)17/h2-7H,1H3,(H,18,19)(H,20,21). The summed E-state index contributed by atoms with van der Waals surface area (Å²) < 4.78 is 13.7. The van der Waals surface area contributed by atoms with Crippen LogP contribution in [0, 0.1) is 12.7 Å². The third-order valence-electron chi connectivity index (χ3n) is 2.92. The second-order valence-electron chi connectivity index (χ2n) is 4.39. The number of amides is 1. The van der Waals surface area contributed by atoms with Gasteiger partial charge in [-0.25, -0.2) is 9.18 Å². The van der Waals surface area contributed by atoms with Crippen molar-refractivity contribution in [3.8, 4) is 0 Å². The van der Waals surface area contributed by atoms with Gasteiger partial charge in [0.2, 0.25) is 0 Å². The molecule has 2 aromatic rings. The summed E-state index contributed by atoms with van der Waals surface area (Å²) in [5.41, 5.74) is 0.691. The van der Waals surface area contributed by atoms with Crippen LogP contribution in [-0.2, 0) is 0 Å². The Kier molecular flexibility index (Phi) is 4.23. The molecule has 0 saturated carbocycles. The first-order valence-electron chi connectivity index (χ1n) is 5.99. The molecule has 6 heteroatoms. The maximum absolute atomic E-state index is 13.7. The van der Waals surface area contributed by atoms with E-state index in [0.29, 0.717) is 5.56 Å². The molecule has 0 spiro atoms. The first-order chi connectivity index (χ1) is 9.90. The average molecular weight is 308 g/mol. The van der Waals surface area contributed by atoms with Gasteiger partial charge in [0.05, 0.1) is 16.1 Å². The van der Waals surface area contributed by atoms with E-state index in [-0.39, 0.29) is 21.8 Å². The van der Waals surface area contributed by atoms with Crippen molar-refractivity contribution in [2.75, 3.05) is 5.32 Å². The Morgan fingerprint density at radius 3 is 2.57 bits per heavy atom. The fraction of sp³-hybridized carbons (Fsp3) is 0.0667. The predicted octanol–water partition coefficient (Wildman–Crippen LogP) is 3.74. The van der Waals surface area contributed by atoms with Crippen LogP contribution >= 0.6 is 11.6 Å². The second-order valence-corrected chi connectivity index (χ2v) is 4.80. The van der Waals surface area contributed by atoms with Crippen molar-refractivity contribution in [1.82, 2.24) is 0 Å². The Balaban J connectivity index is 2.30. The van der Waals surface area contributed by atoms with E-state index in [1.165, 1.54) is 24.3 Å². The maximum Gasteiger partial charge on any atom is 0.336 e. The number of carboxylic acid groups (broad SMARTS) is 1. The average Bonchev–Trinajstić information content (AvgIpc) is 2.43. The Bertz CT molecular complexity index is 731. The summed E-state index contributed by atoms with van der Waals surface area (Å²) in [7, 11) is 0. The number of hydrogen-bond donors (Lipinski definition) is 2. The molecule has 1 amide bonds. The number of carboxylic acids is 1. The fourth-order valence-electron chi connectivity index (χ4n) is 1.81. The fourth-order valence-corrected chi connectivity index (χ4v) is 1.98. The van der Waals surface area contributed by atoms with Crippen LogP contribution in [0.4, 0.5) is 10.1 Å². The minimum atomic E-state index is -1.10. The molecule has 0 aliphatic carbocycles. The van der Waals surface area contributed by atoms with E-state index in [9.17, 15) is 14.0 Å². The SMILES string of the molecule is Cc1ccc(NC(=O)c2cccc(Cl)c2F)cc1C(=O)O. The molecule has 2 aromatic carbocycles. The molecule has 0 aliphatic heterocycles. The van der Waals surface area contributed by atoms with Gasteiger partial charge in [-0.1, -0.05) is 23.7 Å². The third-order valence-corrected chi connectivity index (χ3v) is 3.21. The molecule has 4 nitrogen and oxygen atoms in total. The summed E-state index contributed by atoms with van der Waals surface area (Å²) in [6.07, 6.45) is 0. The molecule has 0 aromatic heterocycles. The van der Waals surface area contributed by atoms with Crippen molar-refractivity contribution in [3.63, 3.8) is 0 Å². The summed E-state index contributed by atoms with van der Waals surface area (Å²) in [6.45, 7) is 1.64. The first-order valence-corrected chi connectivity index (χ1v) is 6.37. The van der Waals surface area contributed by atoms with Gasteiger partial charge in [0.1, 0.15) is 0 Å². The van der Waals surface area contributed by atoms with Crippen molar-refractivity contribution in [2.24, 2.45) is 0 Å². The Morgan fingerprint density at radius 2 is 1.90 bits per heavy atom. The number of anilines is 1. The topological polar surface area (TPSA) is 66.4 Å². The lowest BCUT2D eigenvalue weighted by Gasteiger charge is -2.09. The lowest BCUT2D eigenvalue weighted by Crippen LogP contribution is -2.14. The van der Waals surface area contributed by atoms with E-state index >= 15 is 0 Å². The van der Waals surface area contributed by atoms with Crippen LogP contribution in [0.25, 0.3) is 0 Å². The van der Waals surface area contributed by atoms with E-state index in [1.807, 2.05) is 0 Å². The number of aromatic carboxylic acids is 1. The molecular weight excluding hydrogens is 297 g/mol. The molecule has 2 N–H and O–H groups in total. The lowest BCUT2D eigenvalue weighted by atomic mass is 10.1. The quantitative estimate of drug-likeness (QED) is 0.907. The van der Waals surface area contributed by atoms with Crippen LogP contribution in [0.2, 0.25) is 5.02 Å². The van der Waals surface area contributed by atoms with Gasteiger partial charge >= 0.3 is 5.97 Å². The number of benzene rings is 2. The minimum absolute atomic E-state index is 0.0689. The van der Waals surface area contributed by atoms with Crippen LogP contribution in [-0.4, -0.2) is 17.0 Å². The van der Waals surface area contributed by atoms with E-state index < -0.39 is 17.7 Å². The van der Waals surface area contributed by atoms with Gasteiger partial charge in [-0.05, 0) is 36.8 Å². The highest BCUT2D eigenvalue weighted by Crippen LogP contribution is 2.20. The Labute approximate surface area is 125 Å². The molecule has 0 radical (unpaired) electrons. The zero-order valence-electron chi connectivity index (χ0n) is 11.0. The highest BCUT2D eigenvalue weighted by Gasteiger charge is 2.15. The number of nitrogens with one attached hydrogen (secondary N) is 1. The second kappa shape index (κ2) is 5.93. The summed E-state index contributed by atoms with van der Waals surface area (Å²) >= 11 is 5.62. The number of halogens is 2. The van der Waals surface area contributed by atoms with Gasteiger partial charge in [0.25, 0.3) is 5.91 Å². The first kappa shape index (κ1) is 15.0. The number of carbonyl (C=O) groups is 2. The minimum Gasteiger partial charge on any atom is -0.478 e. The predicted molar refractivity (Wildman–Crippen MR) is 77.5 cm³/mol. The molecule has 0 bridgehead atoms. The maximum atomic E-state index is 13.7. The number of hydrogen-bond acceptors (Lipinski definition) is 2. The van der Waals surface area contributed by atoms with Gasteiger partial charge in [0, 0.05) is 5.69 Å². The summed E-state index contributed by atoms with van der Waals surface area (Å²) in [6, 6.07) is 8.51. The Hall–Kier alpha value is -2.40. The number of carbonyl (C=O) groups excluding carboxylic acids is 1. The van der Waals surface area contributed by atoms with E-state index in [2.05, 4.69) is 5.32 Å². The number of rotatable bonds is 3. The summed E-state index contributed by atoms with van der Waals surface area (Å²) in [5.74, 6) is -2.62. The van der Waals surface area contributed by atoms with Crippen molar-refractivity contribution in [1.29, 1.82) is 0 Å². The number of aryl methyl sites for hydroxylation is 1. The highest BCUT2D eigenvalue weighted by atomic mass is 35.5. The van der Waals surface area contributed by atoms with Gasteiger partial charge in [0.15, 0.2) is 5.82 Å². The zero-order valence-corrected chi connectivity index (χ0v) is 11.7. The van der Waals surface area contributed by atoms with Crippen LogP contribution in [0.5, 0.6) is 0 Å². The summed E-state index contributed by atoms with van der Waals surface area (Å²) in [5, 5.41) is 11.3. The third kappa shape index (κ3) is 3.20. The monoisotopic (exact) mass is 307 g/mol. The normalized spacial score (nSPS) is 10.2. The molecule has 0 aliphatic rings. The van der Waals surface area contributed by atoms with Crippen LogP contribution in [0.1, 0.15) is 26.3 Å². The van der Waals surface area contributed by atoms with Gasteiger partial charge in [-0.2, -0.15) is 0 Å². The van der Waals surface area contributed by atoms with E-state index in [1.54, 1.807) is 19.1 Å². The van der Waals surface area contributed by atoms with Crippen molar-refractivity contribution in [3.05, 3.63) is 63.9 Å². The molecule has 108 valence electrons. The zero-order chi connectivity index (χ0) is 15.6. The van der Waals surface area contributed by atoms with E-state index in [4.69, 9.17) is 16.7 Å². The van der Waals surface area contributed by atoms with Crippen LogP contribution < -0.4 is 5.32 Å². The molecule has 2 rings (SSSR count). The molecular formula is C15H11ClFNO3. The molecule has 0 unspecified atom stereocenters. The Morgan fingerprint density at radius 1 is 1.19 bits per heavy atom. The molecule has 0 saturated heterocycles. The molecule has 0 heterocycles. The highest BCUT2D eigenvalue weighted by molar-refractivity contribution is 6.31. The van der Waals surface area contributed by atoms with E-state index in [0.717, 1.165) is 0 Å². The van der Waals surface area contributed by atoms with Gasteiger partial charge < -0.3 is 10.4 Å². The lowest BCUT2D eigenvalue weighted by molar-refractivity contribution is 0.0695. The van der Waals surface area contributed by atoms with Crippen LogP contribution in [0.3, 0.4) is 0 Å². The van der Waals surface area contributed by atoms with Crippen molar-refractivity contribution >= 4 is 29.2 Å². The van der Waals surface area contributed by atoms with Gasteiger partial charge in [-0.3, -0.25) is 4.79 Å². The van der Waals surface area contributed by atoms with Crippen LogP contribution in [0.15, 0.2) is 36.4 Å².